The van der Waals surface area contributed by atoms with Crippen LogP contribution in [0.25, 0.3) is 0 Å². The molecule has 5 rings (SSSR count). The second kappa shape index (κ2) is 7.73. The molecule has 0 bridgehead atoms. The number of imide groups is 1. The molecule has 3 N–H and O–H groups in total. The molecule has 4 heterocycles. The lowest BCUT2D eigenvalue weighted by Gasteiger charge is -2.47. The maximum absolute atomic E-state index is 12.8. The van der Waals surface area contributed by atoms with E-state index in [4.69, 9.17) is 9.47 Å². The third-order valence-corrected chi connectivity index (χ3v) is 6.27. The van der Waals surface area contributed by atoms with Gasteiger partial charge in [-0.2, -0.15) is 0 Å². The fourth-order valence-corrected chi connectivity index (χ4v) is 4.60. The third kappa shape index (κ3) is 3.62. The summed E-state index contributed by atoms with van der Waals surface area (Å²) >= 11 is 0. The summed E-state index contributed by atoms with van der Waals surface area (Å²) in [5.41, 5.74) is 2.47. The normalized spacial score (nSPS) is 27.7. The number of ether oxygens (including phenoxy) is 2. The maximum atomic E-state index is 12.8. The number of hydrogen-bond donors (Lipinski definition) is 3. The van der Waals surface area contributed by atoms with Crippen molar-refractivity contribution in [2.45, 2.75) is 43.7 Å². The van der Waals surface area contributed by atoms with Gasteiger partial charge in [0.1, 0.15) is 11.6 Å². The van der Waals surface area contributed by atoms with E-state index in [0.717, 1.165) is 24.2 Å². The Morgan fingerprint density at radius 2 is 2.10 bits per heavy atom. The SMILES string of the molecule is O=C1CCC(N2Cc3cc(CNCC4COCC5(CNC5)O4)ccc3C2=O)C(=O)N1. The number of hydrogen-bond acceptors (Lipinski definition) is 7. The molecule has 9 heteroatoms. The highest BCUT2D eigenvalue weighted by atomic mass is 16.6. The van der Waals surface area contributed by atoms with Crippen LogP contribution in [0.1, 0.15) is 34.3 Å². The smallest absolute Gasteiger partial charge is 0.255 e. The van der Waals surface area contributed by atoms with Gasteiger partial charge < -0.3 is 25.0 Å². The molecule has 160 valence electrons. The van der Waals surface area contributed by atoms with Crippen LogP contribution in [0, 0.1) is 0 Å². The first kappa shape index (κ1) is 19.6. The van der Waals surface area contributed by atoms with Gasteiger partial charge >= 0.3 is 0 Å². The van der Waals surface area contributed by atoms with Gasteiger partial charge in [-0.05, 0) is 23.6 Å². The van der Waals surface area contributed by atoms with Gasteiger partial charge in [-0.1, -0.05) is 12.1 Å². The zero-order valence-corrected chi connectivity index (χ0v) is 16.7. The Kier molecular flexibility index (Phi) is 5.06. The summed E-state index contributed by atoms with van der Waals surface area (Å²) in [5, 5.41) is 8.99. The molecule has 2 atom stereocenters. The van der Waals surface area contributed by atoms with Crippen molar-refractivity contribution in [1.29, 1.82) is 0 Å². The van der Waals surface area contributed by atoms with Crippen LogP contribution in [-0.2, 0) is 32.2 Å². The van der Waals surface area contributed by atoms with Crippen molar-refractivity contribution in [3.05, 3.63) is 34.9 Å². The zero-order valence-electron chi connectivity index (χ0n) is 16.7. The van der Waals surface area contributed by atoms with Gasteiger partial charge in [0.2, 0.25) is 11.8 Å². The zero-order chi connectivity index (χ0) is 20.7. The predicted octanol–water partition coefficient (Wildman–Crippen LogP) is -0.705. The van der Waals surface area contributed by atoms with E-state index in [0.29, 0.717) is 44.8 Å². The number of carbonyl (C=O) groups is 3. The van der Waals surface area contributed by atoms with Crippen LogP contribution in [0.2, 0.25) is 0 Å². The molecule has 0 aromatic heterocycles. The summed E-state index contributed by atoms with van der Waals surface area (Å²) in [7, 11) is 0. The molecule has 9 nitrogen and oxygen atoms in total. The molecule has 3 amide bonds. The summed E-state index contributed by atoms with van der Waals surface area (Å²) in [6, 6.07) is 5.20. The van der Waals surface area contributed by atoms with E-state index in [1.54, 1.807) is 4.90 Å². The van der Waals surface area contributed by atoms with E-state index in [2.05, 4.69) is 16.0 Å². The van der Waals surface area contributed by atoms with Crippen LogP contribution < -0.4 is 16.0 Å². The Morgan fingerprint density at radius 3 is 2.87 bits per heavy atom. The quantitative estimate of drug-likeness (QED) is 0.547. The molecule has 0 aliphatic carbocycles. The number of fused-ring (bicyclic) bond motifs is 1. The number of nitrogens with zero attached hydrogens (tertiary/aromatic N) is 1. The maximum Gasteiger partial charge on any atom is 0.255 e. The fourth-order valence-electron chi connectivity index (χ4n) is 4.60. The number of nitrogens with one attached hydrogen (secondary N) is 3. The summed E-state index contributed by atoms with van der Waals surface area (Å²) in [6.07, 6.45) is 0.662. The van der Waals surface area contributed by atoms with Crippen molar-refractivity contribution >= 4 is 17.7 Å². The van der Waals surface area contributed by atoms with Crippen molar-refractivity contribution in [3.8, 4) is 0 Å². The number of piperidine rings is 1. The summed E-state index contributed by atoms with van der Waals surface area (Å²) < 4.78 is 11.9. The number of benzene rings is 1. The van der Waals surface area contributed by atoms with E-state index in [9.17, 15) is 14.4 Å². The molecule has 3 saturated heterocycles. The molecule has 1 spiro atoms. The monoisotopic (exact) mass is 414 g/mol. The van der Waals surface area contributed by atoms with Crippen LogP contribution in [0.15, 0.2) is 18.2 Å². The first-order valence-corrected chi connectivity index (χ1v) is 10.5. The summed E-state index contributed by atoms with van der Waals surface area (Å²) in [6.45, 7) is 4.67. The Labute approximate surface area is 174 Å². The average Bonchev–Trinajstić information content (AvgIpc) is 3.03. The van der Waals surface area contributed by atoms with Crippen molar-refractivity contribution in [1.82, 2.24) is 20.9 Å². The van der Waals surface area contributed by atoms with Crippen LogP contribution >= 0.6 is 0 Å². The molecule has 3 fully saturated rings. The standard InChI is InChI=1S/C21H26N4O5/c26-18-4-3-17(19(27)24-18)25-8-14-5-13(1-2-16(14)20(25)28)6-22-7-15-9-29-12-21(30-15)10-23-11-21/h1-2,5,15,17,22-23H,3-4,6-12H2,(H,24,26,27). The highest BCUT2D eigenvalue weighted by molar-refractivity contribution is 6.05. The lowest BCUT2D eigenvalue weighted by molar-refractivity contribution is -0.214. The second-order valence-electron chi connectivity index (χ2n) is 8.56. The van der Waals surface area contributed by atoms with Crippen LogP contribution in [0.4, 0.5) is 0 Å². The Bertz CT molecular complexity index is 884. The lowest BCUT2D eigenvalue weighted by Crippen LogP contribution is -2.67. The van der Waals surface area contributed by atoms with E-state index in [1.807, 2.05) is 18.2 Å². The summed E-state index contributed by atoms with van der Waals surface area (Å²) in [5.74, 6) is -0.810. The van der Waals surface area contributed by atoms with E-state index >= 15 is 0 Å². The third-order valence-electron chi connectivity index (χ3n) is 6.27. The molecule has 2 unspecified atom stereocenters. The summed E-state index contributed by atoms with van der Waals surface area (Å²) in [4.78, 5) is 37.9. The number of carbonyl (C=O) groups excluding carboxylic acids is 3. The second-order valence-corrected chi connectivity index (χ2v) is 8.56. The minimum Gasteiger partial charge on any atom is -0.376 e. The molecule has 1 aromatic carbocycles. The highest BCUT2D eigenvalue weighted by Gasteiger charge is 2.43. The van der Waals surface area contributed by atoms with E-state index in [1.165, 1.54) is 0 Å². The van der Waals surface area contributed by atoms with Gasteiger partial charge in [0.15, 0.2) is 0 Å². The Balaban J connectivity index is 1.17. The highest BCUT2D eigenvalue weighted by Crippen LogP contribution is 2.28. The van der Waals surface area contributed by atoms with Gasteiger partial charge in [-0.15, -0.1) is 0 Å². The van der Waals surface area contributed by atoms with Gasteiger partial charge in [-0.3, -0.25) is 19.7 Å². The van der Waals surface area contributed by atoms with Crippen LogP contribution in [-0.4, -0.2) is 73.2 Å². The van der Waals surface area contributed by atoms with Crippen molar-refractivity contribution in [2.75, 3.05) is 32.8 Å². The molecule has 0 radical (unpaired) electrons. The van der Waals surface area contributed by atoms with E-state index < -0.39 is 6.04 Å². The minimum absolute atomic E-state index is 0.0277. The molecule has 30 heavy (non-hydrogen) atoms. The van der Waals surface area contributed by atoms with Gasteiger partial charge in [-0.25, -0.2) is 0 Å². The van der Waals surface area contributed by atoms with Gasteiger partial charge in [0, 0.05) is 44.7 Å². The molecular formula is C21H26N4O5. The Morgan fingerprint density at radius 1 is 1.23 bits per heavy atom. The average molecular weight is 414 g/mol. The fraction of sp³-hybridized carbons (Fsp3) is 0.571. The first-order valence-electron chi connectivity index (χ1n) is 10.5. The Hall–Kier alpha value is -2.33. The predicted molar refractivity (Wildman–Crippen MR) is 105 cm³/mol. The van der Waals surface area contributed by atoms with Crippen molar-refractivity contribution in [3.63, 3.8) is 0 Å². The van der Waals surface area contributed by atoms with Gasteiger partial charge in [0.05, 0.1) is 19.3 Å². The minimum atomic E-state index is -0.582. The number of rotatable bonds is 5. The molecule has 0 saturated carbocycles. The number of amides is 3. The molecule has 4 aliphatic heterocycles. The first-order chi connectivity index (χ1) is 14.5. The van der Waals surface area contributed by atoms with Crippen molar-refractivity contribution in [2.24, 2.45) is 0 Å². The van der Waals surface area contributed by atoms with Crippen molar-refractivity contribution < 1.29 is 23.9 Å². The van der Waals surface area contributed by atoms with Crippen LogP contribution in [0.5, 0.6) is 0 Å². The molecule has 1 aromatic rings. The van der Waals surface area contributed by atoms with E-state index in [-0.39, 0.29) is 35.8 Å². The van der Waals surface area contributed by atoms with Gasteiger partial charge in [0.25, 0.3) is 5.91 Å². The lowest BCUT2D eigenvalue weighted by atomic mass is 9.96. The van der Waals surface area contributed by atoms with Crippen LogP contribution in [0.3, 0.4) is 0 Å². The molecular weight excluding hydrogens is 388 g/mol. The molecule has 4 aliphatic rings. The largest absolute Gasteiger partial charge is 0.376 e. The topological polar surface area (TPSA) is 109 Å².